The molecule has 1 aliphatic rings. The van der Waals surface area contributed by atoms with Crippen LogP contribution in [0.4, 0.5) is 16.2 Å². The van der Waals surface area contributed by atoms with Gasteiger partial charge in [-0.25, -0.2) is 9.78 Å². The molecule has 0 saturated carbocycles. The topological polar surface area (TPSA) is 116 Å². The third-order valence-electron chi connectivity index (χ3n) is 4.63. The zero-order valence-electron chi connectivity index (χ0n) is 16.1. The Kier molecular flexibility index (Phi) is 5.50. The van der Waals surface area contributed by atoms with E-state index in [9.17, 15) is 19.5 Å². The van der Waals surface area contributed by atoms with Crippen molar-refractivity contribution in [2.24, 2.45) is 0 Å². The number of hydrogen-bond acceptors (Lipinski definition) is 8. The van der Waals surface area contributed by atoms with Gasteiger partial charge in [-0.3, -0.25) is 18.9 Å². The van der Waals surface area contributed by atoms with Crippen molar-refractivity contribution in [3.63, 3.8) is 0 Å². The minimum Gasteiger partial charge on any atom is -0.501 e. The van der Waals surface area contributed by atoms with Crippen molar-refractivity contribution in [1.29, 1.82) is 0 Å². The molecule has 0 atom stereocenters. The fraction of sp³-hybridized carbons (Fsp3) is 0.444. The number of pyridine rings is 1. The SMILES string of the molecule is CCN(CCNC)c1cc(N2CCOC2=O)c2nc(C(C)=O)c(O)c(=O)n2c1. The molecule has 0 aromatic carbocycles. The minimum atomic E-state index is -0.768. The Labute approximate surface area is 161 Å². The Morgan fingerprint density at radius 2 is 2.18 bits per heavy atom. The molecule has 0 unspecified atom stereocenters. The molecule has 1 fully saturated rings. The number of anilines is 2. The summed E-state index contributed by atoms with van der Waals surface area (Å²) in [6.45, 7) is 5.75. The van der Waals surface area contributed by atoms with Crippen LogP contribution < -0.4 is 20.7 Å². The van der Waals surface area contributed by atoms with E-state index in [0.29, 0.717) is 37.6 Å². The summed E-state index contributed by atoms with van der Waals surface area (Å²) in [5, 5.41) is 13.2. The van der Waals surface area contributed by atoms with Gasteiger partial charge in [0.05, 0.1) is 17.9 Å². The Hall–Kier alpha value is -3.14. The van der Waals surface area contributed by atoms with Crippen LogP contribution in [0.1, 0.15) is 24.3 Å². The molecule has 3 rings (SSSR count). The summed E-state index contributed by atoms with van der Waals surface area (Å²) in [7, 11) is 1.84. The number of ketones is 1. The number of amides is 1. The van der Waals surface area contributed by atoms with Crippen molar-refractivity contribution in [2.45, 2.75) is 13.8 Å². The van der Waals surface area contributed by atoms with E-state index in [4.69, 9.17) is 4.74 Å². The van der Waals surface area contributed by atoms with Gasteiger partial charge in [0, 0.05) is 32.8 Å². The van der Waals surface area contributed by atoms with Crippen LogP contribution in [0.25, 0.3) is 5.65 Å². The highest BCUT2D eigenvalue weighted by Crippen LogP contribution is 2.29. The van der Waals surface area contributed by atoms with Crippen LogP contribution in [0.15, 0.2) is 17.1 Å². The molecule has 2 aromatic rings. The van der Waals surface area contributed by atoms with Crippen molar-refractivity contribution in [3.05, 3.63) is 28.3 Å². The molecule has 10 nitrogen and oxygen atoms in total. The number of Topliss-reactive ketones (excluding diaryl/α,β-unsaturated/α-hetero) is 1. The van der Waals surface area contributed by atoms with Crippen LogP contribution in [-0.2, 0) is 4.74 Å². The van der Waals surface area contributed by atoms with Gasteiger partial charge in [-0.1, -0.05) is 0 Å². The summed E-state index contributed by atoms with van der Waals surface area (Å²) in [6.07, 6.45) is 1.00. The van der Waals surface area contributed by atoms with E-state index in [0.717, 1.165) is 0 Å². The normalized spacial score (nSPS) is 13.8. The summed E-state index contributed by atoms with van der Waals surface area (Å²) >= 11 is 0. The fourth-order valence-corrected chi connectivity index (χ4v) is 3.14. The maximum atomic E-state index is 12.7. The van der Waals surface area contributed by atoms with E-state index in [-0.39, 0.29) is 17.9 Å². The molecular weight excluding hydrogens is 366 g/mol. The van der Waals surface area contributed by atoms with Gasteiger partial charge in [0.25, 0.3) is 0 Å². The maximum absolute atomic E-state index is 12.7. The van der Waals surface area contributed by atoms with Crippen molar-refractivity contribution >= 4 is 28.9 Å². The van der Waals surface area contributed by atoms with Crippen molar-refractivity contribution < 1.29 is 19.4 Å². The molecule has 10 heteroatoms. The smallest absolute Gasteiger partial charge is 0.414 e. The van der Waals surface area contributed by atoms with Gasteiger partial charge in [-0.2, -0.15) is 0 Å². The van der Waals surface area contributed by atoms with Gasteiger partial charge in [0.1, 0.15) is 6.61 Å². The first-order valence-electron chi connectivity index (χ1n) is 9.03. The lowest BCUT2D eigenvalue weighted by Crippen LogP contribution is -2.32. The second kappa shape index (κ2) is 7.85. The molecule has 0 spiro atoms. The lowest BCUT2D eigenvalue weighted by atomic mass is 10.2. The van der Waals surface area contributed by atoms with Crippen LogP contribution in [0, 0.1) is 0 Å². The molecule has 0 bridgehead atoms. The highest BCUT2D eigenvalue weighted by Gasteiger charge is 2.28. The largest absolute Gasteiger partial charge is 0.501 e. The summed E-state index contributed by atoms with van der Waals surface area (Å²) < 4.78 is 6.19. The van der Waals surface area contributed by atoms with Gasteiger partial charge in [0.15, 0.2) is 17.1 Å². The van der Waals surface area contributed by atoms with E-state index in [1.807, 2.05) is 18.9 Å². The zero-order valence-corrected chi connectivity index (χ0v) is 16.1. The molecular formula is C18H23N5O5. The second-order valence-electron chi connectivity index (χ2n) is 6.40. The van der Waals surface area contributed by atoms with Crippen LogP contribution in [0.3, 0.4) is 0 Å². The summed E-state index contributed by atoms with van der Waals surface area (Å²) in [5.41, 5.74) is 0.0474. The predicted octanol–water partition coefficient (Wildman–Crippen LogP) is 0.605. The molecule has 1 saturated heterocycles. The molecule has 28 heavy (non-hydrogen) atoms. The van der Waals surface area contributed by atoms with E-state index in [2.05, 4.69) is 10.3 Å². The van der Waals surface area contributed by atoms with E-state index < -0.39 is 23.2 Å². The monoisotopic (exact) mass is 389 g/mol. The van der Waals surface area contributed by atoms with Gasteiger partial charge in [-0.05, 0) is 20.0 Å². The number of aromatic nitrogens is 2. The lowest BCUT2D eigenvalue weighted by Gasteiger charge is -2.25. The molecule has 0 aliphatic carbocycles. The van der Waals surface area contributed by atoms with E-state index in [1.54, 1.807) is 12.3 Å². The number of hydrogen-bond donors (Lipinski definition) is 2. The number of likely N-dealkylation sites (N-methyl/N-ethyl adjacent to an activating group) is 2. The molecule has 3 heterocycles. The van der Waals surface area contributed by atoms with Crippen molar-refractivity contribution in [2.75, 3.05) is 49.6 Å². The summed E-state index contributed by atoms with van der Waals surface area (Å²) in [4.78, 5) is 44.3. The van der Waals surface area contributed by atoms with Crippen LogP contribution >= 0.6 is 0 Å². The van der Waals surface area contributed by atoms with Gasteiger partial charge in [0.2, 0.25) is 5.75 Å². The van der Waals surface area contributed by atoms with E-state index >= 15 is 0 Å². The number of rotatable bonds is 7. The first-order valence-corrected chi connectivity index (χ1v) is 9.03. The van der Waals surface area contributed by atoms with Crippen LogP contribution in [0.2, 0.25) is 0 Å². The molecule has 2 N–H and O–H groups in total. The van der Waals surface area contributed by atoms with Gasteiger partial charge < -0.3 is 20.1 Å². The standard InChI is InChI=1S/C18H23N5O5/c1-4-21(6-5-19-3)12-9-13(22-7-8-28-18(22)27)16-20-14(11(2)24)15(25)17(26)23(16)10-12/h9-10,19,25H,4-8H2,1-3H3. The highest BCUT2D eigenvalue weighted by molar-refractivity contribution is 5.98. The molecule has 1 aliphatic heterocycles. The van der Waals surface area contributed by atoms with Crippen LogP contribution in [0.5, 0.6) is 5.75 Å². The molecule has 2 aromatic heterocycles. The Morgan fingerprint density at radius 3 is 2.75 bits per heavy atom. The summed E-state index contributed by atoms with van der Waals surface area (Å²) in [6, 6.07) is 1.74. The third kappa shape index (κ3) is 3.38. The number of cyclic esters (lactones) is 1. The number of ether oxygens (including phenoxy) is 1. The number of aromatic hydroxyl groups is 1. The molecule has 1 amide bonds. The quantitative estimate of drug-likeness (QED) is 0.662. The van der Waals surface area contributed by atoms with Crippen molar-refractivity contribution in [1.82, 2.24) is 14.7 Å². The maximum Gasteiger partial charge on any atom is 0.414 e. The zero-order chi connectivity index (χ0) is 20.4. The predicted molar refractivity (Wildman–Crippen MR) is 104 cm³/mol. The number of fused-ring (bicyclic) bond motifs is 1. The lowest BCUT2D eigenvalue weighted by molar-refractivity contribution is 0.101. The van der Waals surface area contributed by atoms with Crippen molar-refractivity contribution in [3.8, 4) is 5.75 Å². The first-order chi connectivity index (χ1) is 13.4. The Morgan fingerprint density at radius 1 is 1.43 bits per heavy atom. The second-order valence-corrected chi connectivity index (χ2v) is 6.40. The number of nitrogens with one attached hydrogen (secondary N) is 1. The van der Waals surface area contributed by atoms with Gasteiger partial charge in [-0.15, -0.1) is 0 Å². The average Bonchev–Trinajstić information content (AvgIpc) is 3.10. The average molecular weight is 389 g/mol. The summed E-state index contributed by atoms with van der Waals surface area (Å²) in [5.74, 6) is -1.25. The van der Waals surface area contributed by atoms with Crippen LogP contribution in [-0.4, -0.2) is 66.2 Å². The van der Waals surface area contributed by atoms with Gasteiger partial charge >= 0.3 is 11.7 Å². The van der Waals surface area contributed by atoms with E-state index in [1.165, 1.54) is 16.2 Å². The highest BCUT2D eigenvalue weighted by atomic mass is 16.6. The molecule has 0 radical (unpaired) electrons. The minimum absolute atomic E-state index is 0.111. The number of carbonyl (C=O) groups excluding carboxylic acids is 2. The first kappa shape index (κ1) is 19.6. The number of nitrogens with zero attached hydrogens (tertiary/aromatic N) is 4. The Bertz CT molecular complexity index is 986. The molecule has 150 valence electrons. The Balaban J connectivity index is 2.30. The third-order valence-corrected chi connectivity index (χ3v) is 4.63. The number of carbonyl (C=O) groups is 2. The fourth-order valence-electron chi connectivity index (χ4n) is 3.14.